The van der Waals surface area contributed by atoms with Gasteiger partial charge in [0, 0.05) is 12.0 Å². The molecule has 0 aromatic rings. The van der Waals surface area contributed by atoms with E-state index in [1.54, 1.807) is 0 Å². The van der Waals surface area contributed by atoms with Crippen LogP contribution < -0.4 is 0 Å². The highest BCUT2D eigenvalue weighted by atomic mass is 16.1. The molecule has 0 radical (unpaired) electrons. The molecule has 1 aliphatic carbocycles. The van der Waals surface area contributed by atoms with Crippen molar-refractivity contribution in [3.05, 3.63) is 23.8 Å². The number of hydrogen-bond acceptors (Lipinski definition) is 3. The first-order valence-electron chi connectivity index (χ1n) is 4.06. The zero-order chi connectivity index (χ0) is 9.84. The van der Waals surface area contributed by atoms with Gasteiger partial charge < -0.3 is 4.79 Å². The minimum absolute atomic E-state index is 0.0238. The average molecular weight is 178 g/mol. The lowest BCUT2D eigenvalue weighted by molar-refractivity contribution is -0.117. The minimum Gasteiger partial charge on any atom is -0.300 e. The first-order chi connectivity index (χ1) is 6.09. The lowest BCUT2D eigenvalue weighted by atomic mass is 9.98. The second-order valence-corrected chi connectivity index (χ2v) is 2.97. The highest BCUT2D eigenvalue weighted by Gasteiger charge is 2.12. The lowest BCUT2D eigenvalue weighted by Gasteiger charge is -2.04. The fourth-order valence-electron chi connectivity index (χ4n) is 1.06. The number of allylic oxidation sites excluding steroid dienone is 4. The topological polar surface area (TPSA) is 51.2 Å². The third-order valence-electron chi connectivity index (χ3n) is 1.78. The molecule has 13 heavy (non-hydrogen) atoms. The third kappa shape index (κ3) is 2.78. The van der Waals surface area contributed by atoms with E-state index in [1.165, 1.54) is 25.2 Å². The first kappa shape index (κ1) is 9.58. The minimum atomic E-state index is -0.182. The highest BCUT2D eigenvalue weighted by Crippen LogP contribution is 2.11. The Morgan fingerprint density at radius 3 is 2.62 bits per heavy atom. The van der Waals surface area contributed by atoms with Crippen LogP contribution in [0.2, 0.25) is 0 Å². The van der Waals surface area contributed by atoms with Gasteiger partial charge in [-0.1, -0.05) is 0 Å². The van der Waals surface area contributed by atoms with E-state index in [-0.39, 0.29) is 17.3 Å². The molecule has 0 fully saturated rings. The van der Waals surface area contributed by atoms with E-state index in [1.807, 2.05) is 0 Å². The van der Waals surface area contributed by atoms with Gasteiger partial charge in [0.05, 0.1) is 0 Å². The molecule has 3 nitrogen and oxygen atoms in total. The predicted molar refractivity (Wildman–Crippen MR) is 47.2 cm³/mol. The maximum atomic E-state index is 11.1. The Labute approximate surface area is 76.1 Å². The van der Waals surface area contributed by atoms with Crippen LogP contribution in [0.5, 0.6) is 0 Å². The highest BCUT2D eigenvalue weighted by molar-refractivity contribution is 6.17. The monoisotopic (exact) mass is 178 g/mol. The number of ketones is 3. The van der Waals surface area contributed by atoms with Crippen molar-refractivity contribution < 1.29 is 14.4 Å². The molecular weight excluding hydrogens is 168 g/mol. The largest absolute Gasteiger partial charge is 0.300 e. The van der Waals surface area contributed by atoms with Crippen LogP contribution in [0.4, 0.5) is 0 Å². The molecule has 0 aromatic carbocycles. The molecule has 0 unspecified atom stereocenters. The van der Waals surface area contributed by atoms with E-state index in [4.69, 9.17) is 0 Å². The van der Waals surface area contributed by atoms with Crippen LogP contribution in [0.1, 0.15) is 19.8 Å². The van der Waals surface area contributed by atoms with Crippen molar-refractivity contribution in [2.45, 2.75) is 19.8 Å². The standard InChI is InChI=1S/C10H10O3/c1-7(11)2-3-8-6-9(12)4-5-10(8)13/h4-6H,2-3H2,1H3. The van der Waals surface area contributed by atoms with Gasteiger partial charge in [-0.25, -0.2) is 0 Å². The van der Waals surface area contributed by atoms with Crippen molar-refractivity contribution >= 4 is 17.3 Å². The Bertz CT molecular complexity index is 321. The number of Topliss-reactive ketones (excluding diaryl/α,β-unsaturated/α-hetero) is 1. The van der Waals surface area contributed by atoms with Crippen molar-refractivity contribution in [1.82, 2.24) is 0 Å². The van der Waals surface area contributed by atoms with Crippen LogP contribution in [0, 0.1) is 0 Å². The molecule has 0 heterocycles. The summed E-state index contributed by atoms with van der Waals surface area (Å²) in [5, 5.41) is 0. The predicted octanol–water partition coefficient (Wildman–Crippen LogP) is 0.990. The molecule has 3 heteroatoms. The molecule has 0 spiro atoms. The van der Waals surface area contributed by atoms with E-state index in [2.05, 4.69) is 0 Å². The number of carbonyl (C=O) groups excluding carboxylic acids is 3. The van der Waals surface area contributed by atoms with E-state index >= 15 is 0 Å². The molecule has 1 aliphatic rings. The second-order valence-electron chi connectivity index (χ2n) is 2.97. The SMILES string of the molecule is CC(=O)CCC1=CC(=O)C=CC1=O. The van der Waals surface area contributed by atoms with Gasteiger partial charge in [-0.05, 0) is 31.6 Å². The van der Waals surface area contributed by atoms with Gasteiger partial charge in [-0.2, -0.15) is 0 Å². The maximum absolute atomic E-state index is 11.1. The Morgan fingerprint density at radius 1 is 1.31 bits per heavy atom. The Balaban J connectivity index is 2.63. The summed E-state index contributed by atoms with van der Waals surface area (Å²) in [6, 6.07) is 0. The second kappa shape index (κ2) is 3.94. The number of carbonyl (C=O) groups is 3. The normalized spacial score (nSPS) is 15.9. The molecule has 0 atom stereocenters. The van der Waals surface area contributed by atoms with E-state index in [0.29, 0.717) is 18.4 Å². The summed E-state index contributed by atoms with van der Waals surface area (Å²) in [6.45, 7) is 1.46. The van der Waals surface area contributed by atoms with Gasteiger partial charge in [0.15, 0.2) is 11.6 Å². The quantitative estimate of drug-likeness (QED) is 0.605. The molecule has 0 aromatic heterocycles. The zero-order valence-corrected chi connectivity index (χ0v) is 7.37. The van der Waals surface area contributed by atoms with Crippen molar-refractivity contribution in [2.24, 2.45) is 0 Å². The molecule has 0 bridgehead atoms. The summed E-state index contributed by atoms with van der Waals surface area (Å²) >= 11 is 0. The van der Waals surface area contributed by atoms with Crippen molar-refractivity contribution in [2.75, 3.05) is 0 Å². The van der Waals surface area contributed by atoms with Crippen LogP contribution in [-0.4, -0.2) is 17.3 Å². The van der Waals surface area contributed by atoms with E-state index < -0.39 is 0 Å². The lowest BCUT2D eigenvalue weighted by Crippen LogP contribution is -2.08. The summed E-state index contributed by atoms with van der Waals surface area (Å²) in [5.74, 6) is -0.324. The third-order valence-corrected chi connectivity index (χ3v) is 1.78. The zero-order valence-electron chi connectivity index (χ0n) is 7.37. The maximum Gasteiger partial charge on any atom is 0.182 e. The van der Waals surface area contributed by atoms with Gasteiger partial charge in [-0.3, -0.25) is 9.59 Å². The summed E-state index contributed by atoms with van der Waals surface area (Å²) in [7, 11) is 0. The van der Waals surface area contributed by atoms with Gasteiger partial charge in [0.1, 0.15) is 5.78 Å². The van der Waals surface area contributed by atoms with E-state index in [9.17, 15) is 14.4 Å². The Morgan fingerprint density at radius 2 is 2.00 bits per heavy atom. The van der Waals surface area contributed by atoms with E-state index in [0.717, 1.165) is 0 Å². The van der Waals surface area contributed by atoms with Crippen molar-refractivity contribution in [3.63, 3.8) is 0 Å². The fourth-order valence-corrected chi connectivity index (χ4v) is 1.06. The average Bonchev–Trinajstić information content (AvgIpc) is 2.06. The molecule has 0 N–H and O–H groups in total. The van der Waals surface area contributed by atoms with Gasteiger partial charge in [-0.15, -0.1) is 0 Å². The smallest absolute Gasteiger partial charge is 0.182 e. The summed E-state index contributed by atoms with van der Waals surface area (Å²) in [5.41, 5.74) is 0.433. The fraction of sp³-hybridized carbons (Fsp3) is 0.300. The molecule has 1 rings (SSSR count). The van der Waals surface area contributed by atoms with Crippen LogP contribution >= 0.6 is 0 Å². The number of hydrogen-bond donors (Lipinski definition) is 0. The number of rotatable bonds is 3. The van der Waals surface area contributed by atoms with Crippen molar-refractivity contribution in [1.29, 1.82) is 0 Å². The summed E-state index contributed by atoms with van der Waals surface area (Å²) in [6.07, 6.45) is 4.46. The molecule has 68 valence electrons. The van der Waals surface area contributed by atoms with Gasteiger partial charge >= 0.3 is 0 Å². The van der Waals surface area contributed by atoms with Gasteiger partial charge in [0.2, 0.25) is 0 Å². The molecular formula is C10H10O3. The first-order valence-corrected chi connectivity index (χ1v) is 4.06. The Hall–Kier alpha value is -1.51. The molecule has 0 saturated carbocycles. The molecule has 0 amide bonds. The van der Waals surface area contributed by atoms with Crippen LogP contribution in [0.3, 0.4) is 0 Å². The molecule has 0 saturated heterocycles. The molecule has 0 aliphatic heterocycles. The Kier molecular flexibility index (Phi) is 2.90. The van der Waals surface area contributed by atoms with Crippen LogP contribution in [0.15, 0.2) is 23.8 Å². The van der Waals surface area contributed by atoms with Crippen LogP contribution in [0.25, 0.3) is 0 Å². The summed E-state index contributed by atoms with van der Waals surface area (Å²) < 4.78 is 0. The van der Waals surface area contributed by atoms with Gasteiger partial charge in [0.25, 0.3) is 0 Å². The summed E-state index contributed by atoms with van der Waals surface area (Å²) in [4.78, 5) is 32.6. The van der Waals surface area contributed by atoms with Crippen molar-refractivity contribution in [3.8, 4) is 0 Å². The van der Waals surface area contributed by atoms with Crippen LogP contribution in [-0.2, 0) is 14.4 Å².